The van der Waals surface area contributed by atoms with Crippen LogP contribution in [0, 0.1) is 5.41 Å². The van der Waals surface area contributed by atoms with Crippen LogP contribution in [0.25, 0.3) is 0 Å². The molecule has 0 saturated carbocycles. The SMILES string of the molecule is N=CC(c1ccccn1)c1ncc(Cl)c(NC2CCCNC2)n1. The molecule has 2 aromatic heterocycles. The van der Waals surface area contributed by atoms with Crippen LogP contribution in [0.5, 0.6) is 0 Å². The molecule has 1 fully saturated rings. The fraction of sp³-hybridized carbons (Fsp3) is 0.375. The van der Waals surface area contributed by atoms with E-state index in [-0.39, 0.29) is 5.92 Å². The lowest BCUT2D eigenvalue weighted by Crippen LogP contribution is -2.38. The summed E-state index contributed by atoms with van der Waals surface area (Å²) in [5.74, 6) is 0.765. The third-order valence-electron chi connectivity index (χ3n) is 3.85. The molecule has 0 aliphatic carbocycles. The normalized spacial score (nSPS) is 19.1. The predicted octanol–water partition coefficient (Wildman–Crippen LogP) is 2.47. The Morgan fingerprint density at radius 1 is 1.39 bits per heavy atom. The minimum Gasteiger partial charge on any atom is -0.365 e. The van der Waals surface area contributed by atoms with Crippen LogP contribution in [0.2, 0.25) is 5.02 Å². The quantitative estimate of drug-likeness (QED) is 0.733. The standard InChI is InChI=1S/C16H19ClN6/c17-13-10-21-15(12(8-18)14-5-1-2-7-20-14)23-16(13)22-11-4-3-6-19-9-11/h1-2,5,7-8,10-12,18-19H,3-4,6,9H2,(H,21,22,23). The highest BCUT2D eigenvalue weighted by atomic mass is 35.5. The van der Waals surface area contributed by atoms with Crippen molar-refractivity contribution in [3.8, 4) is 0 Å². The van der Waals surface area contributed by atoms with Crippen LogP contribution >= 0.6 is 11.6 Å². The Bertz CT molecular complexity index is 657. The molecule has 3 rings (SSSR count). The molecule has 0 bridgehead atoms. The van der Waals surface area contributed by atoms with Gasteiger partial charge in [0.1, 0.15) is 16.7 Å². The number of rotatable bonds is 5. The Balaban J connectivity index is 1.85. The molecule has 3 heterocycles. The average Bonchev–Trinajstić information content (AvgIpc) is 2.60. The van der Waals surface area contributed by atoms with Crippen molar-refractivity contribution in [1.82, 2.24) is 20.3 Å². The minimum atomic E-state index is -0.376. The molecular weight excluding hydrogens is 312 g/mol. The van der Waals surface area contributed by atoms with Gasteiger partial charge in [-0.2, -0.15) is 0 Å². The largest absolute Gasteiger partial charge is 0.365 e. The van der Waals surface area contributed by atoms with E-state index in [0.29, 0.717) is 22.7 Å². The second-order valence-corrected chi connectivity index (χ2v) is 5.92. The van der Waals surface area contributed by atoms with Crippen LogP contribution in [0.15, 0.2) is 30.6 Å². The summed E-state index contributed by atoms with van der Waals surface area (Å²) < 4.78 is 0. The smallest absolute Gasteiger partial charge is 0.148 e. The van der Waals surface area contributed by atoms with E-state index in [1.54, 1.807) is 12.4 Å². The van der Waals surface area contributed by atoms with Crippen LogP contribution in [-0.2, 0) is 0 Å². The molecule has 2 atom stereocenters. The maximum absolute atomic E-state index is 7.70. The van der Waals surface area contributed by atoms with Gasteiger partial charge >= 0.3 is 0 Å². The Hall–Kier alpha value is -2.05. The third-order valence-corrected chi connectivity index (χ3v) is 4.13. The average molecular weight is 331 g/mol. The summed E-state index contributed by atoms with van der Waals surface area (Å²) in [6.07, 6.45) is 6.80. The molecule has 7 heteroatoms. The van der Waals surface area contributed by atoms with Gasteiger partial charge in [-0.15, -0.1) is 0 Å². The van der Waals surface area contributed by atoms with Crippen molar-refractivity contribution in [2.45, 2.75) is 24.8 Å². The van der Waals surface area contributed by atoms with Crippen molar-refractivity contribution in [3.63, 3.8) is 0 Å². The molecule has 0 amide bonds. The summed E-state index contributed by atoms with van der Waals surface area (Å²) >= 11 is 6.23. The highest BCUT2D eigenvalue weighted by molar-refractivity contribution is 6.32. The Labute approximate surface area is 140 Å². The van der Waals surface area contributed by atoms with E-state index in [1.807, 2.05) is 18.2 Å². The van der Waals surface area contributed by atoms with Gasteiger partial charge in [0.2, 0.25) is 0 Å². The van der Waals surface area contributed by atoms with E-state index in [2.05, 4.69) is 25.6 Å². The second-order valence-electron chi connectivity index (χ2n) is 5.51. The van der Waals surface area contributed by atoms with Crippen molar-refractivity contribution in [3.05, 3.63) is 47.1 Å². The molecule has 0 radical (unpaired) electrons. The van der Waals surface area contributed by atoms with Crippen molar-refractivity contribution in [2.75, 3.05) is 18.4 Å². The number of nitrogens with one attached hydrogen (secondary N) is 3. The van der Waals surface area contributed by atoms with E-state index in [1.165, 1.54) is 6.21 Å². The molecule has 1 saturated heterocycles. The number of hydrogen-bond acceptors (Lipinski definition) is 6. The number of hydrogen-bond donors (Lipinski definition) is 3. The number of piperidine rings is 1. The molecule has 120 valence electrons. The number of nitrogens with zero attached hydrogens (tertiary/aromatic N) is 3. The van der Waals surface area contributed by atoms with Gasteiger partial charge < -0.3 is 16.0 Å². The van der Waals surface area contributed by atoms with Crippen LogP contribution < -0.4 is 10.6 Å². The Morgan fingerprint density at radius 2 is 2.30 bits per heavy atom. The van der Waals surface area contributed by atoms with Gasteiger partial charge in [-0.05, 0) is 31.5 Å². The fourth-order valence-electron chi connectivity index (χ4n) is 2.65. The molecule has 1 aliphatic rings. The molecule has 6 nitrogen and oxygen atoms in total. The van der Waals surface area contributed by atoms with Crippen LogP contribution in [0.1, 0.15) is 30.3 Å². The minimum absolute atomic E-state index is 0.303. The highest BCUT2D eigenvalue weighted by Gasteiger charge is 2.19. The zero-order valence-electron chi connectivity index (χ0n) is 12.7. The van der Waals surface area contributed by atoms with E-state index in [0.717, 1.165) is 31.6 Å². The molecule has 2 unspecified atom stereocenters. The molecule has 0 aromatic carbocycles. The molecule has 2 aromatic rings. The summed E-state index contributed by atoms with van der Waals surface area (Å²) in [5, 5.41) is 14.9. The lowest BCUT2D eigenvalue weighted by Gasteiger charge is -2.25. The maximum Gasteiger partial charge on any atom is 0.148 e. The first-order valence-electron chi connectivity index (χ1n) is 7.69. The summed E-state index contributed by atoms with van der Waals surface area (Å²) in [7, 11) is 0. The molecular formula is C16H19ClN6. The van der Waals surface area contributed by atoms with Crippen LogP contribution in [0.3, 0.4) is 0 Å². The summed E-state index contributed by atoms with van der Waals surface area (Å²) in [5.41, 5.74) is 0.745. The topological polar surface area (TPSA) is 86.6 Å². The van der Waals surface area contributed by atoms with Crippen molar-refractivity contribution in [1.29, 1.82) is 5.41 Å². The monoisotopic (exact) mass is 330 g/mol. The Morgan fingerprint density at radius 3 is 3.00 bits per heavy atom. The first kappa shape index (κ1) is 15.8. The lowest BCUT2D eigenvalue weighted by molar-refractivity contribution is 0.479. The van der Waals surface area contributed by atoms with E-state index >= 15 is 0 Å². The number of aromatic nitrogens is 3. The van der Waals surface area contributed by atoms with Gasteiger partial charge in [-0.25, -0.2) is 9.97 Å². The zero-order valence-corrected chi connectivity index (χ0v) is 13.4. The van der Waals surface area contributed by atoms with Crippen LogP contribution in [0.4, 0.5) is 5.82 Å². The molecule has 3 N–H and O–H groups in total. The fourth-order valence-corrected chi connectivity index (χ4v) is 2.80. The van der Waals surface area contributed by atoms with Crippen molar-refractivity contribution >= 4 is 23.6 Å². The molecule has 1 aliphatic heterocycles. The van der Waals surface area contributed by atoms with Gasteiger partial charge in [0.05, 0.1) is 17.8 Å². The van der Waals surface area contributed by atoms with Crippen LogP contribution in [-0.4, -0.2) is 40.3 Å². The first-order chi connectivity index (χ1) is 11.3. The lowest BCUT2D eigenvalue weighted by atomic mass is 10.1. The van der Waals surface area contributed by atoms with Gasteiger partial charge in [0, 0.05) is 25.0 Å². The van der Waals surface area contributed by atoms with Crippen molar-refractivity contribution < 1.29 is 0 Å². The summed E-state index contributed by atoms with van der Waals surface area (Å²) in [4.78, 5) is 13.1. The van der Waals surface area contributed by atoms with Gasteiger partial charge in [0.25, 0.3) is 0 Å². The number of anilines is 1. The maximum atomic E-state index is 7.70. The van der Waals surface area contributed by atoms with E-state index < -0.39 is 0 Å². The van der Waals surface area contributed by atoms with Gasteiger partial charge in [0.15, 0.2) is 0 Å². The first-order valence-corrected chi connectivity index (χ1v) is 8.07. The van der Waals surface area contributed by atoms with E-state index in [4.69, 9.17) is 17.0 Å². The summed E-state index contributed by atoms with van der Waals surface area (Å²) in [6, 6.07) is 5.90. The zero-order chi connectivity index (χ0) is 16.1. The second kappa shape index (κ2) is 7.48. The molecule has 23 heavy (non-hydrogen) atoms. The third kappa shape index (κ3) is 3.83. The predicted molar refractivity (Wildman–Crippen MR) is 91.4 cm³/mol. The Kier molecular flexibility index (Phi) is 5.15. The van der Waals surface area contributed by atoms with Gasteiger partial charge in [-0.1, -0.05) is 17.7 Å². The number of pyridine rings is 1. The van der Waals surface area contributed by atoms with Gasteiger partial charge in [-0.3, -0.25) is 4.98 Å². The summed E-state index contributed by atoms with van der Waals surface area (Å²) in [6.45, 7) is 1.94. The highest BCUT2D eigenvalue weighted by Crippen LogP contribution is 2.24. The number of halogens is 1. The van der Waals surface area contributed by atoms with E-state index in [9.17, 15) is 0 Å². The van der Waals surface area contributed by atoms with Crippen molar-refractivity contribution in [2.24, 2.45) is 0 Å². The molecule has 0 spiro atoms.